The van der Waals surface area contributed by atoms with Gasteiger partial charge in [0.1, 0.15) is 11.6 Å². The second kappa shape index (κ2) is 6.49. The topological polar surface area (TPSA) is 81.1 Å². The van der Waals surface area contributed by atoms with E-state index in [0.29, 0.717) is 24.1 Å². The molecule has 6 nitrogen and oxygen atoms in total. The number of Topliss-reactive ketones (excluding diaryl/α,β-unsaturated/α-hetero) is 1. The van der Waals surface area contributed by atoms with E-state index in [4.69, 9.17) is 0 Å². The minimum absolute atomic E-state index is 0.0752. The van der Waals surface area contributed by atoms with Gasteiger partial charge in [0.2, 0.25) is 10.0 Å². The van der Waals surface area contributed by atoms with Gasteiger partial charge in [0, 0.05) is 30.1 Å². The monoisotopic (exact) mass is 405 g/mol. The van der Waals surface area contributed by atoms with Crippen LogP contribution in [0.5, 0.6) is 0 Å². The molecule has 2 aliphatic rings. The van der Waals surface area contributed by atoms with Crippen molar-refractivity contribution in [2.24, 2.45) is 16.7 Å². The second-order valence-corrected chi connectivity index (χ2v) is 10.3. The van der Waals surface area contributed by atoms with Crippen molar-refractivity contribution in [2.75, 3.05) is 5.75 Å². The zero-order valence-electron chi connectivity index (χ0n) is 16.0. The summed E-state index contributed by atoms with van der Waals surface area (Å²) in [6, 6.07) is 6.00. The zero-order valence-corrected chi connectivity index (χ0v) is 16.8. The molecule has 28 heavy (non-hydrogen) atoms. The van der Waals surface area contributed by atoms with Gasteiger partial charge in [-0.05, 0) is 42.4 Å². The van der Waals surface area contributed by atoms with Crippen LogP contribution in [-0.2, 0) is 21.4 Å². The van der Waals surface area contributed by atoms with E-state index >= 15 is 0 Å². The minimum Gasteiger partial charge on any atom is -0.299 e. The van der Waals surface area contributed by atoms with Crippen molar-refractivity contribution in [3.8, 4) is 5.69 Å². The standard InChI is InChI=1S/C20H24FN3O3S/c1-19(2)15-6-7-20(19,18(25)8-15)13-28(26,27)23-11-14-10-22-24(12-14)17-5-3-4-16(21)9-17/h3-5,9-10,12,15,23H,6-8,11,13H2,1-2H3/t15-,20-/m1/s1. The van der Waals surface area contributed by atoms with Crippen molar-refractivity contribution < 1.29 is 17.6 Å². The van der Waals surface area contributed by atoms with Gasteiger partial charge in [-0.1, -0.05) is 19.9 Å². The molecule has 2 saturated carbocycles. The van der Waals surface area contributed by atoms with Gasteiger partial charge in [0.25, 0.3) is 0 Å². The van der Waals surface area contributed by atoms with E-state index < -0.39 is 15.4 Å². The molecule has 0 aliphatic heterocycles. The summed E-state index contributed by atoms with van der Waals surface area (Å²) in [5.74, 6) is -0.175. The van der Waals surface area contributed by atoms with Crippen LogP contribution in [0.3, 0.4) is 0 Å². The molecule has 2 atom stereocenters. The van der Waals surface area contributed by atoms with E-state index in [9.17, 15) is 17.6 Å². The number of ketones is 1. The van der Waals surface area contributed by atoms with Crippen molar-refractivity contribution in [2.45, 2.75) is 39.7 Å². The fourth-order valence-electron chi connectivity index (χ4n) is 4.89. The molecule has 0 spiro atoms. The van der Waals surface area contributed by atoms with Gasteiger partial charge in [-0.2, -0.15) is 5.10 Å². The third kappa shape index (κ3) is 3.08. The maximum absolute atomic E-state index is 13.4. The van der Waals surface area contributed by atoms with Crippen LogP contribution in [0, 0.1) is 22.6 Å². The molecule has 1 aromatic heterocycles. The smallest absolute Gasteiger partial charge is 0.212 e. The van der Waals surface area contributed by atoms with Crippen molar-refractivity contribution >= 4 is 15.8 Å². The Morgan fingerprint density at radius 1 is 1.36 bits per heavy atom. The maximum atomic E-state index is 13.4. The fourth-order valence-corrected chi connectivity index (χ4v) is 6.70. The number of hydrogen-bond donors (Lipinski definition) is 1. The molecule has 2 aromatic rings. The van der Waals surface area contributed by atoms with Crippen LogP contribution < -0.4 is 4.72 Å². The van der Waals surface area contributed by atoms with Crippen LogP contribution in [0.2, 0.25) is 0 Å². The van der Waals surface area contributed by atoms with Crippen molar-refractivity contribution in [1.82, 2.24) is 14.5 Å². The molecule has 150 valence electrons. The first-order chi connectivity index (χ1) is 13.1. The van der Waals surface area contributed by atoms with Crippen LogP contribution in [0.1, 0.15) is 38.7 Å². The number of aromatic nitrogens is 2. The number of benzene rings is 1. The number of carbonyl (C=O) groups excluding carboxylic acids is 1. The Bertz CT molecular complexity index is 1030. The Labute approximate surface area is 164 Å². The van der Waals surface area contributed by atoms with Crippen LogP contribution in [-0.4, -0.2) is 29.7 Å². The Kier molecular flexibility index (Phi) is 4.46. The number of nitrogens with one attached hydrogen (secondary N) is 1. The molecule has 0 amide bonds. The summed E-state index contributed by atoms with van der Waals surface area (Å²) in [6.45, 7) is 4.12. The molecule has 2 fully saturated rings. The highest BCUT2D eigenvalue weighted by atomic mass is 32.2. The molecule has 0 saturated heterocycles. The molecular formula is C20H24FN3O3S. The average Bonchev–Trinajstić information content (AvgIpc) is 3.23. The second-order valence-electron chi connectivity index (χ2n) is 8.52. The van der Waals surface area contributed by atoms with Gasteiger partial charge < -0.3 is 0 Å². The zero-order chi connectivity index (χ0) is 20.2. The first kappa shape index (κ1) is 19.3. The molecular weight excluding hydrogens is 381 g/mol. The van der Waals surface area contributed by atoms with Gasteiger partial charge in [0.15, 0.2) is 0 Å². The largest absolute Gasteiger partial charge is 0.299 e. The van der Waals surface area contributed by atoms with Crippen molar-refractivity contribution in [1.29, 1.82) is 0 Å². The predicted molar refractivity (Wildman–Crippen MR) is 103 cm³/mol. The van der Waals surface area contributed by atoms with E-state index in [2.05, 4.69) is 9.82 Å². The lowest BCUT2D eigenvalue weighted by Gasteiger charge is -2.36. The van der Waals surface area contributed by atoms with Gasteiger partial charge in [-0.15, -0.1) is 0 Å². The SMILES string of the molecule is CC1(C)[C@@H]2CC[C@@]1(CS(=O)(=O)NCc1cnn(-c3cccc(F)c3)c1)C(=O)C2. The molecule has 0 radical (unpaired) electrons. The van der Waals surface area contributed by atoms with Gasteiger partial charge >= 0.3 is 0 Å². The van der Waals surface area contributed by atoms with Gasteiger partial charge in [-0.3, -0.25) is 4.79 Å². The summed E-state index contributed by atoms with van der Waals surface area (Å²) >= 11 is 0. The Morgan fingerprint density at radius 2 is 2.14 bits per heavy atom. The number of sulfonamides is 1. The van der Waals surface area contributed by atoms with Crippen LogP contribution in [0.25, 0.3) is 5.69 Å². The Morgan fingerprint density at radius 3 is 2.79 bits per heavy atom. The molecule has 4 rings (SSSR count). The average molecular weight is 405 g/mol. The summed E-state index contributed by atoms with van der Waals surface area (Å²) in [5.41, 5.74) is 0.144. The van der Waals surface area contributed by atoms with E-state index in [1.54, 1.807) is 24.5 Å². The number of halogens is 1. The number of rotatable bonds is 6. The van der Waals surface area contributed by atoms with Crippen LogP contribution in [0.4, 0.5) is 4.39 Å². The third-order valence-electron chi connectivity index (χ3n) is 6.78. The lowest BCUT2D eigenvalue weighted by molar-refractivity contribution is -0.128. The predicted octanol–water partition coefficient (Wildman–Crippen LogP) is 2.83. The molecule has 2 bridgehead atoms. The lowest BCUT2D eigenvalue weighted by Crippen LogP contribution is -2.45. The molecule has 1 heterocycles. The van der Waals surface area contributed by atoms with Crippen molar-refractivity contribution in [3.05, 3.63) is 48.0 Å². The van der Waals surface area contributed by atoms with E-state index in [0.717, 1.165) is 6.42 Å². The van der Waals surface area contributed by atoms with E-state index in [-0.39, 0.29) is 35.2 Å². The van der Waals surface area contributed by atoms with Gasteiger partial charge in [0.05, 0.1) is 17.6 Å². The molecule has 1 N–H and O–H groups in total. The quantitative estimate of drug-likeness (QED) is 0.801. The highest BCUT2D eigenvalue weighted by Crippen LogP contribution is 2.64. The summed E-state index contributed by atoms with van der Waals surface area (Å²) in [7, 11) is -3.64. The highest BCUT2D eigenvalue weighted by Gasteiger charge is 2.65. The fraction of sp³-hybridized carbons (Fsp3) is 0.500. The molecule has 0 unspecified atom stereocenters. The minimum atomic E-state index is -3.64. The number of nitrogens with zero attached hydrogens (tertiary/aromatic N) is 2. The summed E-state index contributed by atoms with van der Waals surface area (Å²) in [4.78, 5) is 12.6. The van der Waals surface area contributed by atoms with Gasteiger partial charge in [-0.25, -0.2) is 22.2 Å². The van der Waals surface area contributed by atoms with E-state index in [1.807, 2.05) is 13.8 Å². The van der Waals surface area contributed by atoms with Crippen molar-refractivity contribution in [3.63, 3.8) is 0 Å². The normalized spacial score (nSPS) is 26.1. The molecule has 8 heteroatoms. The highest BCUT2D eigenvalue weighted by molar-refractivity contribution is 7.89. The summed E-state index contributed by atoms with van der Waals surface area (Å²) < 4.78 is 43.0. The summed E-state index contributed by atoms with van der Waals surface area (Å²) in [6.07, 6.45) is 5.24. The Hall–Kier alpha value is -2.06. The maximum Gasteiger partial charge on any atom is 0.212 e. The molecule has 2 aliphatic carbocycles. The number of fused-ring (bicyclic) bond motifs is 2. The first-order valence-electron chi connectivity index (χ1n) is 9.43. The molecule has 1 aromatic carbocycles. The lowest BCUT2D eigenvalue weighted by atomic mass is 9.70. The number of hydrogen-bond acceptors (Lipinski definition) is 4. The van der Waals surface area contributed by atoms with Crippen LogP contribution >= 0.6 is 0 Å². The van der Waals surface area contributed by atoms with Crippen LogP contribution in [0.15, 0.2) is 36.7 Å². The first-order valence-corrected chi connectivity index (χ1v) is 11.1. The third-order valence-corrected chi connectivity index (χ3v) is 8.24. The van der Waals surface area contributed by atoms with E-state index in [1.165, 1.54) is 16.8 Å². The number of carbonyl (C=O) groups is 1. The summed E-state index contributed by atoms with van der Waals surface area (Å²) in [5, 5.41) is 4.16. The Balaban J connectivity index is 1.46.